The number of fused-ring (bicyclic) bond motifs is 1. The Morgan fingerprint density at radius 1 is 1.05 bits per heavy atom. The zero-order valence-corrected chi connectivity index (χ0v) is 20.5. The lowest BCUT2D eigenvalue weighted by molar-refractivity contribution is -0.140. The Bertz CT molecular complexity index is 1430. The summed E-state index contributed by atoms with van der Waals surface area (Å²) in [6.45, 7) is 0.370. The molecule has 0 spiro atoms. The minimum Gasteiger partial charge on any atom is -0.481 e. The molecule has 0 aliphatic heterocycles. The van der Waals surface area contributed by atoms with E-state index in [0.717, 1.165) is 5.69 Å². The average molecular weight is 553 g/mol. The molecule has 38 heavy (non-hydrogen) atoms. The van der Waals surface area contributed by atoms with Crippen LogP contribution in [0, 0.1) is 0 Å². The van der Waals surface area contributed by atoms with Crippen LogP contribution in [0.2, 0.25) is 0 Å². The molecule has 1 atom stereocenters. The molecule has 17 nitrogen and oxygen atoms in total. The van der Waals surface area contributed by atoms with Crippen molar-refractivity contribution in [2.45, 2.75) is 25.4 Å². The summed E-state index contributed by atoms with van der Waals surface area (Å²) in [4.78, 5) is 52.7. The first-order chi connectivity index (χ1) is 17.6. The van der Waals surface area contributed by atoms with Gasteiger partial charge in [0, 0.05) is 24.7 Å². The Hall–Kier alpha value is -4.68. The molecule has 0 aliphatic carbocycles. The number of hydrogen-bond donors (Lipinski definition) is 7. The number of benzene rings is 1. The molecular weight excluding hydrogens is 528 g/mol. The predicted octanol–water partition coefficient (Wildman–Crippen LogP) is -0.384. The molecule has 3 aromatic rings. The molecule has 0 saturated carbocycles. The summed E-state index contributed by atoms with van der Waals surface area (Å²) < 4.78 is 31.6. The van der Waals surface area contributed by atoms with Gasteiger partial charge in [0.2, 0.25) is 5.95 Å². The van der Waals surface area contributed by atoms with E-state index in [2.05, 4.69) is 25.3 Å². The summed E-state index contributed by atoms with van der Waals surface area (Å²) >= 11 is 0. The van der Waals surface area contributed by atoms with E-state index < -0.39 is 34.3 Å². The second kappa shape index (κ2) is 12.5. The van der Waals surface area contributed by atoms with Gasteiger partial charge in [-0.25, -0.2) is 14.8 Å². The Kier molecular flexibility index (Phi) is 9.74. The average Bonchev–Trinajstić information content (AvgIpc) is 2.80. The number of amides is 1. The van der Waals surface area contributed by atoms with E-state index in [0.29, 0.717) is 23.4 Å². The van der Waals surface area contributed by atoms with Crippen molar-refractivity contribution in [1.29, 1.82) is 0 Å². The second-order valence-corrected chi connectivity index (χ2v) is 8.54. The van der Waals surface area contributed by atoms with Crippen LogP contribution in [0.4, 0.5) is 17.5 Å². The molecule has 0 unspecified atom stereocenters. The van der Waals surface area contributed by atoms with Crippen LogP contribution >= 0.6 is 0 Å². The van der Waals surface area contributed by atoms with Gasteiger partial charge in [-0.15, -0.1) is 0 Å². The normalized spacial score (nSPS) is 11.7. The molecule has 2 heterocycles. The van der Waals surface area contributed by atoms with Gasteiger partial charge in [-0.05, 0) is 30.7 Å². The van der Waals surface area contributed by atoms with Gasteiger partial charge >= 0.3 is 22.3 Å². The quantitative estimate of drug-likeness (QED) is 0.166. The number of rotatable bonds is 9. The van der Waals surface area contributed by atoms with Crippen molar-refractivity contribution in [2.24, 2.45) is 0 Å². The molecule has 0 fully saturated rings. The molecule has 9 N–H and O–H groups in total. The molecule has 3 rings (SSSR count). The molecule has 0 aliphatic rings. The lowest BCUT2D eigenvalue weighted by Crippen LogP contribution is -2.41. The number of carboxylic acids is 2. The van der Waals surface area contributed by atoms with E-state index in [4.69, 9.17) is 34.1 Å². The van der Waals surface area contributed by atoms with E-state index >= 15 is 0 Å². The van der Waals surface area contributed by atoms with Crippen LogP contribution in [0.1, 0.15) is 28.9 Å². The number of nitrogens with one attached hydrogen (secondary N) is 1. The maximum Gasteiger partial charge on any atom is 0.394 e. The molecule has 204 valence electrons. The molecule has 2 aromatic heterocycles. The third-order valence-corrected chi connectivity index (χ3v) is 4.72. The van der Waals surface area contributed by atoms with Crippen LogP contribution in [-0.4, -0.2) is 78.6 Å². The van der Waals surface area contributed by atoms with Gasteiger partial charge in [0.25, 0.3) is 5.91 Å². The molecular formula is C20H24N8O9S. The van der Waals surface area contributed by atoms with Crippen molar-refractivity contribution in [3.8, 4) is 0 Å². The maximum absolute atomic E-state index is 12.4. The van der Waals surface area contributed by atoms with Gasteiger partial charge in [0.1, 0.15) is 6.04 Å². The fourth-order valence-corrected chi connectivity index (χ4v) is 3.03. The van der Waals surface area contributed by atoms with Gasteiger partial charge in [0.15, 0.2) is 17.0 Å². The highest BCUT2D eigenvalue weighted by Crippen LogP contribution is 2.19. The third kappa shape index (κ3) is 9.41. The largest absolute Gasteiger partial charge is 0.481 e. The molecule has 1 aromatic carbocycles. The minimum atomic E-state index is -4.67. The van der Waals surface area contributed by atoms with Crippen LogP contribution in [0.5, 0.6) is 0 Å². The zero-order chi connectivity index (χ0) is 28.6. The van der Waals surface area contributed by atoms with Gasteiger partial charge in [-0.3, -0.25) is 18.7 Å². The van der Waals surface area contributed by atoms with Crippen molar-refractivity contribution >= 4 is 56.9 Å². The van der Waals surface area contributed by atoms with E-state index in [9.17, 15) is 19.5 Å². The lowest BCUT2D eigenvalue weighted by atomic mass is 10.1. The van der Waals surface area contributed by atoms with Gasteiger partial charge in [-0.2, -0.15) is 18.4 Å². The highest BCUT2D eigenvalue weighted by atomic mass is 32.3. The number of aromatic nitrogens is 4. The molecule has 18 heteroatoms. The third-order valence-electron chi connectivity index (χ3n) is 4.72. The lowest BCUT2D eigenvalue weighted by Gasteiger charge is -2.19. The standard InChI is InChI=1S/C20H22N8O5.H2O4S/c1-28(9-11-8-23-17-15(24-11)16(21)26-20(22)27-17)12-4-2-10(3-5-12)18(31)25-13(19(32)33)6-7-14(29)30;1-5(2,3)4/h2-5,8,13H,6-7,9H2,1H3,(H,25,31)(H,29,30)(H,32,33)(H4,21,22,23,26,27);(H2,1,2,3,4)/t13-;/m1./s1. The van der Waals surface area contributed by atoms with Crippen molar-refractivity contribution < 1.29 is 42.1 Å². The van der Waals surface area contributed by atoms with Gasteiger partial charge in [-0.1, -0.05) is 0 Å². The number of nitrogens with two attached hydrogens (primary N) is 2. The first kappa shape index (κ1) is 29.5. The first-order valence-corrected chi connectivity index (χ1v) is 11.8. The maximum atomic E-state index is 12.4. The fourth-order valence-electron chi connectivity index (χ4n) is 3.03. The van der Waals surface area contributed by atoms with Gasteiger partial charge in [0.05, 0.1) is 18.4 Å². The number of hydrogen-bond acceptors (Lipinski definition) is 12. The van der Waals surface area contributed by atoms with Crippen LogP contribution in [0.15, 0.2) is 30.5 Å². The highest BCUT2D eigenvalue weighted by molar-refractivity contribution is 7.79. The summed E-state index contributed by atoms with van der Waals surface area (Å²) in [6, 6.07) is 5.16. The second-order valence-electron chi connectivity index (χ2n) is 7.65. The summed E-state index contributed by atoms with van der Waals surface area (Å²) in [5.41, 5.74) is 13.7. The highest BCUT2D eigenvalue weighted by Gasteiger charge is 2.21. The van der Waals surface area contributed by atoms with E-state index in [1.54, 1.807) is 18.3 Å². The fraction of sp³-hybridized carbons (Fsp3) is 0.250. The first-order valence-electron chi connectivity index (χ1n) is 10.4. The van der Waals surface area contributed by atoms with Crippen molar-refractivity contribution in [3.05, 3.63) is 41.7 Å². The molecule has 0 bridgehead atoms. The number of nitrogen functional groups attached to an aromatic ring is 2. The van der Waals surface area contributed by atoms with Crippen molar-refractivity contribution in [3.63, 3.8) is 0 Å². The number of carbonyl (C=O) groups is 3. The topological polar surface area (TPSA) is 285 Å². The summed E-state index contributed by atoms with van der Waals surface area (Å²) in [7, 11) is -2.85. The minimum absolute atomic E-state index is 0.0138. The van der Waals surface area contributed by atoms with E-state index in [1.165, 1.54) is 12.1 Å². The molecule has 0 saturated heterocycles. The molecule has 1 amide bonds. The number of nitrogens with zero attached hydrogens (tertiary/aromatic N) is 5. The zero-order valence-electron chi connectivity index (χ0n) is 19.7. The van der Waals surface area contributed by atoms with Crippen molar-refractivity contribution in [2.75, 3.05) is 23.4 Å². The van der Waals surface area contributed by atoms with E-state index in [-0.39, 0.29) is 30.2 Å². The van der Waals surface area contributed by atoms with Crippen molar-refractivity contribution in [1.82, 2.24) is 25.3 Å². The summed E-state index contributed by atoms with van der Waals surface area (Å²) in [5.74, 6) is -2.91. The monoisotopic (exact) mass is 552 g/mol. The Morgan fingerprint density at radius 2 is 1.66 bits per heavy atom. The predicted molar refractivity (Wildman–Crippen MR) is 132 cm³/mol. The summed E-state index contributed by atoms with van der Waals surface area (Å²) in [6.07, 6.45) is 0.964. The van der Waals surface area contributed by atoms with Crippen LogP contribution < -0.4 is 21.7 Å². The molecule has 0 radical (unpaired) electrons. The van der Waals surface area contributed by atoms with Crippen LogP contribution in [0.25, 0.3) is 11.2 Å². The SMILES string of the molecule is CN(Cc1cnc2nc(N)nc(N)c2n1)c1ccc(C(=O)N[C@H](CCC(=O)O)C(=O)O)cc1.O=S(=O)(O)O. The summed E-state index contributed by atoms with van der Waals surface area (Å²) in [5, 5.41) is 20.2. The number of carbonyl (C=O) groups excluding carboxylic acids is 1. The Labute approximate surface area is 215 Å². The Morgan fingerprint density at radius 3 is 2.21 bits per heavy atom. The Balaban J connectivity index is 0.000000926. The number of anilines is 3. The van der Waals surface area contributed by atoms with Crippen LogP contribution in [0.3, 0.4) is 0 Å². The van der Waals surface area contributed by atoms with E-state index in [1.807, 2.05) is 11.9 Å². The number of aliphatic carboxylic acids is 2. The van der Waals surface area contributed by atoms with Crippen LogP contribution in [-0.2, 0) is 26.5 Å². The smallest absolute Gasteiger partial charge is 0.394 e. The van der Waals surface area contributed by atoms with Gasteiger partial charge < -0.3 is 31.9 Å². The number of carboxylic acid groups (broad SMARTS) is 2.